The van der Waals surface area contributed by atoms with E-state index in [0.29, 0.717) is 0 Å². The zero-order valence-corrected chi connectivity index (χ0v) is 11.1. The van der Waals surface area contributed by atoms with Crippen molar-refractivity contribution in [2.75, 3.05) is 7.11 Å². The molecule has 1 unspecified atom stereocenters. The Morgan fingerprint density at radius 3 is 2.69 bits per heavy atom. The van der Waals surface area contributed by atoms with Crippen LogP contribution in [-0.4, -0.2) is 18.0 Å². The van der Waals surface area contributed by atoms with Crippen molar-refractivity contribution in [2.24, 2.45) is 0 Å². The van der Waals surface area contributed by atoms with E-state index < -0.39 is 0 Å². The average molecular weight is 242 g/mol. The number of ether oxygens (including phenoxy) is 1. The lowest BCUT2D eigenvalue weighted by molar-refractivity contribution is 0.378. The molecule has 0 amide bonds. The molecule has 0 aliphatic carbocycles. The average Bonchev–Trinajstić information content (AvgIpc) is 2.26. The van der Waals surface area contributed by atoms with E-state index >= 15 is 0 Å². The summed E-state index contributed by atoms with van der Waals surface area (Å²) in [6.45, 7) is 7.00. The summed E-state index contributed by atoms with van der Waals surface area (Å²) in [4.78, 5) is 0. The predicted octanol–water partition coefficient (Wildman–Crippen LogP) is 3.19. The monoisotopic (exact) mass is 241 g/mol. The van der Waals surface area contributed by atoms with Crippen molar-refractivity contribution in [3.8, 4) is 5.75 Å². The first kappa shape index (κ1) is 13.3. The fraction of sp³-hybridized carbons (Fsp3) is 0.538. The van der Waals surface area contributed by atoms with Gasteiger partial charge in [-0.15, -0.1) is 11.6 Å². The van der Waals surface area contributed by atoms with Crippen molar-refractivity contribution < 1.29 is 4.74 Å². The minimum absolute atomic E-state index is 0.0787. The van der Waals surface area contributed by atoms with Crippen LogP contribution in [-0.2, 0) is 6.54 Å². The molecule has 0 aromatic heterocycles. The van der Waals surface area contributed by atoms with Crippen LogP contribution >= 0.6 is 11.6 Å². The van der Waals surface area contributed by atoms with Gasteiger partial charge in [-0.05, 0) is 38.5 Å². The predicted molar refractivity (Wildman–Crippen MR) is 69.2 cm³/mol. The van der Waals surface area contributed by atoms with Crippen LogP contribution in [0.25, 0.3) is 0 Å². The Kier molecular flexibility index (Phi) is 4.63. The summed E-state index contributed by atoms with van der Waals surface area (Å²) in [6.07, 6.45) is 0. The molecule has 3 heteroatoms. The van der Waals surface area contributed by atoms with Crippen LogP contribution in [0, 0.1) is 0 Å². The van der Waals surface area contributed by atoms with E-state index in [-0.39, 0.29) is 10.9 Å². The van der Waals surface area contributed by atoms with Crippen molar-refractivity contribution in [1.29, 1.82) is 0 Å². The van der Waals surface area contributed by atoms with Gasteiger partial charge in [-0.1, -0.05) is 12.1 Å². The highest BCUT2D eigenvalue weighted by Gasteiger charge is 2.22. The first-order chi connectivity index (χ1) is 7.45. The number of methoxy groups -OCH3 is 1. The Morgan fingerprint density at radius 1 is 1.44 bits per heavy atom. The van der Waals surface area contributed by atoms with Crippen LogP contribution in [0.3, 0.4) is 0 Å². The molecule has 2 nitrogen and oxygen atoms in total. The molecular weight excluding hydrogens is 222 g/mol. The van der Waals surface area contributed by atoms with Gasteiger partial charge in [0, 0.05) is 17.5 Å². The normalized spacial score (nSPS) is 13.6. The number of hydrogen-bond acceptors (Lipinski definition) is 2. The minimum atomic E-state index is -0.0787. The Balaban J connectivity index is 2.60. The van der Waals surface area contributed by atoms with E-state index in [9.17, 15) is 0 Å². The number of nitrogens with one attached hydrogen (secondary N) is 1. The van der Waals surface area contributed by atoms with Gasteiger partial charge in [0.05, 0.1) is 7.11 Å². The summed E-state index contributed by atoms with van der Waals surface area (Å²) in [7, 11) is 1.68. The fourth-order valence-corrected chi connectivity index (χ4v) is 1.33. The molecule has 0 saturated heterocycles. The van der Waals surface area contributed by atoms with Gasteiger partial charge in [-0.3, -0.25) is 0 Å². The van der Waals surface area contributed by atoms with E-state index in [1.165, 1.54) is 5.56 Å². The van der Waals surface area contributed by atoms with Crippen molar-refractivity contribution in [1.82, 2.24) is 5.32 Å². The molecule has 0 bridgehead atoms. The molecule has 90 valence electrons. The molecule has 1 atom stereocenters. The number of rotatable bonds is 5. The number of benzene rings is 1. The molecule has 0 saturated carbocycles. The lowest BCUT2D eigenvalue weighted by atomic mass is 10.0. The summed E-state index contributed by atoms with van der Waals surface area (Å²) in [5, 5.41) is 3.52. The van der Waals surface area contributed by atoms with E-state index in [1.807, 2.05) is 25.1 Å². The lowest BCUT2D eigenvalue weighted by Gasteiger charge is -2.29. The Bertz CT molecular complexity index is 336. The smallest absolute Gasteiger partial charge is 0.119 e. The van der Waals surface area contributed by atoms with Crippen LogP contribution in [0.1, 0.15) is 26.3 Å². The first-order valence-corrected chi connectivity index (χ1v) is 5.91. The maximum Gasteiger partial charge on any atom is 0.119 e. The molecule has 0 heterocycles. The van der Waals surface area contributed by atoms with Crippen molar-refractivity contribution in [3.63, 3.8) is 0 Å². The molecule has 0 spiro atoms. The second-order valence-electron chi connectivity index (χ2n) is 4.54. The van der Waals surface area contributed by atoms with Gasteiger partial charge in [0.25, 0.3) is 0 Å². The molecule has 1 aromatic rings. The minimum Gasteiger partial charge on any atom is -0.497 e. The zero-order chi connectivity index (χ0) is 12.2. The van der Waals surface area contributed by atoms with E-state index in [2.05, 4.69) is 25.2 Å². The maximum absolute atomic E-state index is 6.11. The molecule has 0 aliphatic rings. The summed E-state index contributed by atoms with van der Waals surface area (Å²) < 4.78 is 5.18. The van der Waals surface area contributed by atoms with E-state index in [0.717, 1.165) is 12.3 Å². The number of alkyl halides is 1. The van der Waals surface area contributed by atoms with Gasteiger partial charge in [0.15, 0.2) is 0 Å². The van der Waals surface area contributed by atoms with Gasteiger partial charge in [-0.25, -0.2) is 0 Å². The van der Waals surface area contributed by atoms with Gasteiger partial charge < -0.3 is 10.1 Å². The molecule has 0 aliphatic heterocycles. The molecule has 0 fully saturated rings. The topological polar surface area (TPSA) is 21.3 Å². The van der Waals surface area contributed by atoms with Crippen molar-refractivity contribution >= 4 is 11.6 Å². The second-order valence-corrected chi connectivity index (χ2v) is 5.20. The number of halogens is 1. The van der Waals surface area contributed by atoms with Crippen LogP contribution in [0.5, 0.6) is 5.75 Å². The van der Waals surface area contributed by atoms with Gasteiger partial charge in [0.1, 0.15) is 5.75 Å². The highest BCUT2D eigenvalue weighted by atomic mass is 35.5. The summed E-state index contributed by atoms with van der Waals surface area (Å²) in [5.74, 6) is 0.885. The molecule has 16 heavy (non-hydrogen) atoms. The highest BCUT2D eigenvalue weighted by Crippen LogP contribution is 2.17. The molecule has 1 aromatic carbocycles. The third kappa shape index (κ3) is 3.69. The molecule has 1 rings (SSSR count). The van der Waals surface area contributed by atoms with Crippen molar-refractivity contribution in [2.45, 2.75) is 38.2 Å². The summed E-state index contributed by atoms with van der Waals surface area (Å²) in [5.41, 5.74) is 1.12. The van der Waals surface area contributed by atoms with E-state index in [1.54, 1.807) is 7.11 Å². The van der Waals surface area contributed by atoms with Crippen LogP contribution in [0.4, 0.5) is 0 Å². The van der Waals surface area contributed by atoms with Gasteiger partial charge in [-0.2, -0.15) is 0 Å². The molecule has 0 radical (unpaired) electrons. The van der Waals surface area contributed by atoms with Crippen LogP contribution in [0.2, 0.25) is 0 Å². The third-order valence-electron chi connectivity index (χ3n) is 2.88. The van der Waals surface area contributed by atoms with Crippen molar-refractivity contribution in [3.05, 3.63) is 29.8 Å². The van der Waals surface area contributed by atoms with Gasteiger partial charge in [0.2, 0.25) is 0 Å². The molecular formula is C13H20ClNO. The summed E-state index contributed by atoms with van der Waals surface area (Å²) in [6, 6.07) is 8.04. The first-order valence-electron chi connectivity index (χ1n) is 5.48. The maximum atomic E-state index is 6.11. The zero-order valence-electron chi connectivity index (χ0n) is 10.4. The second kappa shape index (κ2) is 5.55. The highest BCUT2D eigenvalue weighted by molar-refractivity contribution is 6.21. The quantitative estimate of drug-likeness (QED) is 0.800. The van der Waals surface area contributed by atoms with E-state index in [4.69, 9.17) is 16.3 Å². The standard InChI is InChI=1S/C13H20ClNO/c1-10(14)13(2,3)15-9-11-6-5-7-12(8-11)16-4/h5-8,10,15H,9H2,1-4H3. The fourth-order valence-electron chi connectivity index (χ4n) is 1.25. The lowest BCUT2D eigenvalue weighted by Crippen LogP contribution is -2.45. The Hall–Kier alpha value is -0.730. The SMILES string of the molecule is COc1cccc(CNC(C)(C)C(C)Cl)c1. The molecule has 1 N–H and O–H groups in total. The van der Waals surface area contributed by atoms with Gasteiger partial charge >= 0.3 is 0 Å². The van der Waals surface area contributed by atoms with Crippen LogP contribution in [0.15, 0.2) is 24.3 Å². The third-order valence-corrected chi connectivity index (χ3v) is 3.42. The Labute approximate surface area is 103 Å². The summed E-state index contributed by atoms with van der Waals surface area (Å²) >= 11 is 6.11. The largest absolute Gasteiger partial charge is 0.497 e. The number of hydrogen-bond donors (Lipinski definition) is 1. The Morgan fingerprint density at radius 2 is 2.12 bits per heavy atom. The van der Waals surface area contributed by atoms with Crippen LogP contribution < -0.4 is 10.1 Å².